The molecule has 0 amide bonds. The summed E-state index contributed by atoms with van der Waals surface area (Å²) in [7, 11) is 0. The molecule has 23 heavy (non-hydrogen) atoms. The number of nitrogens with zero attached hydrogens (tertiary/aromatic N) is 2. The average molecular weight is 347 g/mol. The summed E-state index contributed by atoms with van der Waals surface area (Å²) in [5.74, 6) is 0.971. The summed E-state index contributed by atoms with van der Waals surface area (Å²) in [5.41, 5.74) is 4.33. The molecule has 1 aromatic heterocycles. The Hall–Kier alpha value is -1.20. The Morgan fingerprint density at radius 1 is 1.30 bits per heavy atom. The third-order valence-electron chi connectivity index (χ3n) is 3.78. The first-order valence-electron chi connectivity index (χ1n) is 8.03. The SMILES string of the molecule is CCCSc1nc2c(c(=O)n1-c1cc(C)cc(C)c1)S[C@H](C)C2. The molecule has 3 nitrogen and oxygen atoms in total. The molecule has 2 heterocycles. The number of rotatable bonds is 4. The second-order valence-electron chi connectivity index (χ2n) is 6.14. The van der Waals surface area contributed by atoms with Crippen molar-refractivity contribution in [2.45, 2.75) is 55.8 Å². The first-order chi connectivity index (χ1) is 11.0. The summed E-state index contributed by atoms with van der Waals surface area (Å²) >= 11 is 3.34. The van der Waals surface area contributed by atoms with Crippen LogP contribution in [0.2, 0.25) is 0 Å². The smallest absolute Gasteiger partial charge is 0.268 e. The minimum Gasteiger partial charge on any atom is -0.268 e. The molecule has 2 aromatic rings. The molecule has 122 valence electrons. The largest absolute Gasteiger partial charge is 0.272 e. The molecule has 0 saturated carbocycles. The van der Waals surface area contributed by atoms with Crippen LogP contribution in [0.1, 0.15) is 37.1 Å². The third-order valence-corrected chi connectivity index (χ3v) is 6.14. The van der Waals surface area contributed by atoms with Gasteiger partial charge in [0.05, 0.1) is 16.3 Å². The van der Waals surface area contributed by atoms with Gasteiger partial charge in [0.1, 0.15) is 0 Å². The Morgan fingerprint density at radius 3 is 2.65 bits per heavy atom. The third kappa shape index (κ3) is 3.36. The summed E-state index contributed by atoms with van der Waals surface area (Å²) in [4.78, 5) is 18.8. The van der Waals surface area contributed by atoms with E-state index >= 15 is 0 Å². The number of hydrogen-bond donors (Lipinski definition) is 0. The van der Waals surface area contributed by atoms with Crippen molar-refractivity contribution in [3.63, 3.8) is 0 Å². The Kier molecular flexibility index (Phi) is 4.87. The molecule has 1 aliphatic heterocycles. The van der Waals surface area contributed by atoms with E-state index in [1.54, 1.807) is 23.5 Å². The Morgan fingerprint density at radius 2 is 2.00 bits per heavy atom. The van der Waals surface area contributed by atoms with Gasteiger partial charge in [-0.1, -0.05) is 31.7 Å². The van der Waals surface area contributed by atoms with Crippen molar-refractivity contribution < 1.29 is 0 Å². The van der Waals surface area contributed by atoms with Crippen LogP contribution in [-0.2, 0) is 6.42 Å². The van der Waals surface area contributed by atoms with Gasteiger partial charge in [0.25, 0.3) is 5.56 Å². The van der Waals surface area contributed by atoms with E-state index in [9.17, 15) is 4.79 Å². The fourth-order valence-electron chi connectivity index (χ4n) is 2.90. The Balaban J connectivity index is 2.21. The first kappa shape index (κ1) is 16.7. The molecule has 1 aliphatic rings. The first-order valence-corrected chi connectivity index (χ1v) is 9.90. The molecule has 0 bridgehead atoms. The number of fused-ring (bicyclic) bond motifs is 1. The number of aromatic nitrogens is 2. The van der Waals surface area contributed by atoms with Crippen molar-refractivity contribution in [2.24, 2.45) is 0 Å². The van der Waals surface area contributed by atoms with E-state index in [2.05, 4.69) is 45.9 Å². The lowest BCUT2D eigenvalue weighted by Crippen LogP contribution is -2.24. The zero-order valence-corrected chi connectivity index (χ0v) is 15.7. The van der Waals surface area contributed by atoms with Gasteiger partial charge in [-0.3, -0.25) is 9.36 Å². The van der Waals surface area contributed by atoms with E-state index in [-0.39, 0.29) is 5.56 Å². The lowest BCUT2D eigenvalue weighted by molar-refractivity contribution is 0.730. The average Bonchev–Trinajstić information content (AvgIpc) is 2.85. The van der Waals surface area contributed by atoms with Crippen molar-refractivity contribution in [3.05, 3.63) is 45.4 Å². The van der Waals surface area contributed by atoms with Gasteiger partial charge in [0, 0.05) is 17.4 Å². The van der Waals surface area contributed by atoms with Gasteiger partial charge in [0.15, 0.2) is 5.16 Å². The van der Waals surface area contributed by atoms with E-state index in [1.807, 2.05) is 4.57 Å². The van der Waals surface area contributed by atoms with Gasteiger partial charge in [-0.2, -0.15) is 0 Å². The van der Waals surface area contributed by atoms with Crippen LogP contribution in [0.25, 0.3) is 5.69 Å². The van der Waals surface area contributed by atoms with Crippen LogP contribution >= 0.6 is 23.5 Å². The highest BCUT2D eigenvalue weighted by Crippen LogP contribution is 2.35. The van der Waals surface area contributed by atoms with Crippen molar-refractivity contribution in [3.8, 4) is 5.69 Å². The van der Waals surface area contributed by atoms with Gasteiger partial charge in [0.2, 0.25) is 0 Å². The minimum absolute atomic E-state index is 0.0907. The second kappa shape index (κ2) is 6.73. The molecule has 0 saturated heterocycles. The van der Waals surface area contributed by atoms with Crippen LogP contribution in [-0.4, -0.2) is 20.6 Å². The van der Waals surface area contributed by atoms with E-state index in [1.165, 1.54) is 11.1 Å². The molecule has 0 fully saturated rings. The molecular weight excluding hydrogens is 324 g/mol. The van der Waals surface area contributed by atoms with Crippen LogP contribution in [0, 0.1) is 13.8 Å². The molecule has 0 aliphatic carbocycles. The Labute approximate surface area is 145 Å². The van der Waals surface area contributed by atoms with E-state index in [4.69, 9.17) is 4.98 Å². The van der Waals surface area contributed by atoms with Crippen molar-refractivity contribution in [2.75, 3.05) is 5.75 Å². The fourth-order valence-corrected chi connectivity index (χ4v) is 4.88. The van der Waals surface area contributed by atoms with E-state index < -0.39 is 0 Å². The van der Waals surface area contributed by atoms with Gasteiger partial charge in [-0.25, -0.2) is 4.98 Å². The normalized spacial score (nSPS) is 16.6. The van der Waals surface area contributed by atoms with Gasteiger partial charge >= 0.3 is 0 Å². The maximum Gasteiger partial charge on any atom is 0.272 e. The summed E-state index contributed by atoms with van der Waals surface area (Å²) < 4.78 is 1.81. The molecular formula is C18H22N2OS2. The highest BCUT2D eigenvalue weighted by Gasteiger charge is 2.26. The summed E-state index contributed by atoms with van der Waals surface area (Å²) in [6, 6.07) is 6.27. The molecule has 0 radical (unpaired) electrons. The van der Waals surface area contributed by atoms with Gasteiger partial charge in [-0.05, 0) is 43.5 Å². The standard InChI is InChI=1S/C18H22N2OS2/c1-5-6-22-18-19-15-10-13(4)23-16(15)17(21)20(18)14-8-11(2)7-12(3)9-14/h7-9,13H,5-6,10H2,1-4H3/t13-/m1/s1. The number of hydrogen-bond acceptors (Lipinski definition) is 4. The summed E-state index contributed by atoms with van der Waals surface area (Å²) in [5, 5.41) is 1.26. The van der Waals surface area contributed by atoms with Crippen molar-refractivity contribution >= 4 is 23.5 Å². The summed E-state index contributed by atoms with van der Waals surface area (Å²) in [6.07, 6.45) is 1.96. The van der Waals surface area contributed by atoms with Crippen LogP contribution in [0.15, 0.2) is 33.0 Å². The minimum atomic E-state index is 0.0907. The molecule has 1 atom stereocenters. The van der Waals surface area contributed by atoms with Gasteiger partial charge in [-0.15, -0.1) is 11.8 Å². The molecule has 0 N–H and O–H groups in total. The van der Waals surface area contributed by atoms with Gasteiger partial charge < -0.3 is 0 Å². The second-order valence-corrected chi connectivity index (χ2v) is 8.65. The topological polar surface area (TPSA) is 34.9 Å². The zero-order valence-electron chi connectivity index (χ0n) is 14.0. The highest BCUT2D eigenvalue weighted by molar-refractivity contribution is 8.00. The van der Waals surface area contributed by atoms with Crippen molar-refractivity contribution in [1.29, 1.82) is 0 Å². The predicted molar refractivity (Wildman–Crippen MR) is 99.3 cm³/mol. The summed E-state index contributed by atoms with van der Waals surface area (Å²) in [6.45, 7) is 8.44. The maximum absolute atomic E-state index is 13.1. The molecule has 1 aromatic carbocycles. The quantitative estimate of drug-likeness (QED) is 0.607. The van der Waals surface area contributed by atoms with Crippen LogP contribution in [0.5, 0.6) is 0 Å². The molecule has 3 rings (SSSR count). The maximum atomic E-state index is 13.1. The van der Waals surface area contributed by atoms with Crippen LogP contribution in [0.3, 0.4) is 0 Å². The zero-order chi connectivity index (χ0) is 16.6. The van der Waals surface area contributed by atoms with Crippen molar-refractivity contribution in [1.82, 2.24) is 9.55 Å². The molecule has 5 heteroatoms. The van der Waals surface area contributed by atoms with Crippen LogP contribution in [0.4, 0.5) is 0 Å². The lowest BCUT2D eigenvalue weighted by atomic mass is 10.1. The molecule has 0 unspecified atom stereocenters. The Bertz CT molecular complexity index is 778. The predicted octanol–water partition coefficient (Wildman–Crippen LogP) is 4.39. The monoisotopic (exact) mass is 346 g/mol. The van der Waals surface area contributed by atoms with E-state index in [0.29, 0.717) is 5.25 Å². The van der Waals surface area contributed by atoms with E-state index in [0.717, 1.165) is 40.0 Å². The fraction of sp³-hybridized carbons (Fsp3) is 0.444. The number of thioether (sulfide) groups is 2. The number of benzene rings is 1. The molecule has 0 spiro atoms. The highest BCUT2D eigenvalue weighted by atomic mass is 32.2. The number of aryl methyl sites for hydroxylation is 2. The lowest BCUT2D eigenvalue weighted by Gasteiger charge is -2.14. The van der Waals surface area contributed by atoms with Crippen LogP contribution < -0.4 is 5.56 Å².